The van der Waals surface area contributed by atoms with Crippen LogP contribution in [0.5, 0.6) is 0 Å². The van der Waals surface area contributed by atoms with Gasteiger partial charge in [-0.2, -0.15) is 5.10 Å². The zero-order chi connectivity index (χ0) is 15.1. The molecule has 8 heteroatoms. The number of hydrogen-bond acceptors (Lipinski definition) is 3. The van der Waals surface area contributed by atoms with Gasteiger partial charge in [-0.25, -0.2) is 13.8 Å². The molecule has 0 saturated carbocycles. The normalized spacial score (nSPS) is 11.2. The van der Waals surface area contributed by atoms with E-state index in [9.17, 15) is 13.6 Å². The number of halogens is 3. The molecular weight excluding hydrogens is 346 g/mol. The van der Waals surface area contributed by atoms with Gasteiger partial charge >= 0.3 is 0 Å². The van der Waals surface area contributed by atoms with Crippen molar-refractivity contribution in [2.75, 3.05) is 0 Å². The topological polar surface area (TPSA) is 52.7 Å². The molecule has 0 fully saturated rings. The molecule has 0 aliphatic rings. The summed E-state index contributed by atoms with van der Waals surface area (Å²) in [7, 11) is 1.66. The van der Waals surface area contributed by atoms with E-state index in [4.69, 9.17) is 0 Å². The molecule has 5 nitrogen and oxygen atoms in total. The van der Waals surface area contributed by atoms with E-state index in [1.165, 1.54) is 23.3 Å². The van der Waals surface area contributed by atoms with Gasteiger partial charge in [0.1, 0.15) is 23.3 Å². The van der Waals surface area contributed by atoms with Crippen molar-refractivity contribution in [3.63, 3.8) is 0 Å². The summed E-state index contributed by atoms with van der Waals surface area (Å²) in [5, 5.41) is 4.24. The van der Waals surface area contributed by atoms with E-state index in [0.29, 0.717) is 11.0 Å². The number of aryl methyl sites for hydroxylation is 1. The van der Waals surface area contributed by atoms with E-state index in [2.05, 4.69) is 26.0 Å². The maximum atomic E-state index is 14.0. The highest BCUT2D eigenvalue weighted by atomic mass is 79.9. The number of hydrogen-bond donors (Lipinski definition) is 0. The van der Waals surface area contributed by atoms with Crippen LogP contribution in [0, 0.1) is 11.6 Å². The standard InChI is InChI=1S/C13H9BrF2N4O/c1-19-12-7(4-18-19)13(21)20(6-17-12)5-8-10(15)3-2-9(14)11(8)16/h2-4,6H,5H2,1H3. The van der Waals surface area contributed by atoms with E-state index in [-0.39, 0.29) is 16.6 Å². The summed E-state index contributed by atoms with van der Waals surface area (Å²) in [4.78, 5) is 16.4. The van der Waals surface area contributed by atoms with Gasteiger partial charge in [-0.1, -0.05) is 0 Å². The van der Waals surface area contributed by atoms with Crippen LogP contribution in [0.1, 0.15) is 5.56 Å². The van der Waals surface area contributed by atoms with Gasteiger partial charge < -0.3 is 0 Å². The fraction of sp³-hybridized carbons (Fsp3) is 0.154. The van der Waals surface area contributed by atoms with Gasteiger partial charge in [0.2, 0.25) is 0 Å². The third-order valence-electron chi connectivity index (χ3n) is 3.19. The third-order valence-corrected chi connectivity index (χ3v) is 3.80. The molecule has 0 bridgehead atoms. The minimum Gasteiger partial charge on any atom is -0.294 e. The molecule has 3 rings (SSSR count). The lowest BCUT2D eigenvalue weighted by atomic mass is 10.2. The molecule has 1 aromatic carbocycles. The average Bonchev–Trinajstić information content (AvgIpc) is 2.84. The van der Waals surface area contributed by atoms with Crippen LogP contribution in [0.25, 0.3) is 11.0 Å². The number of fused-ring (bicyclic) bond motifs is 1. The highest BCUT2D eigenvalue weighted by Crippen LogP contribution is 2.22. The Labute approximate surface area is 126 Å². The quantitative estimate of drug-likeness (QED) is 0.663. The molecule has 0 saturated heterocycles. The Morgan fingerprint density at radius 2 is 2.10 bits per heavy atom. The van der Waals surface area contributed by atoms with Crippen molar-refractivity contribution in [2.24, 2.45) is 7.05 Å². The third kappa shape index (κ3) is 2.25. The average molecular weight is 355 g/mol. The lowest BCUT2D eigenvalue weighted by molar-refractivity contribution is 0.537. The van der Waals surface area contributed by atoms with Gasteiger partial charge in [-0.3, -0.25) is 14.0 Å². The minimum atomic E-state index is -0.729. The van der Waals surface area contributed by atoms with Gasteiger partial charge in [0.15, 0.2) is 5.65 Å². The van der Waals surface area contributed by atoms with Crippen LogP contribution >= 0.6 is 15.9 Å². The highest BCUT2D eigenvalue weighted by Gasteiger charge is 2.15. The molecule has 0 spiro atoms. The van der Waals surface area contributed by atoms with Crippen LogP contribution in [0.2, 0.25) is 0 Å². The summed E-state index contributed by atoms with van der Waals surface area (Å²) >= 11 is 3.00. The second-order valence-corrected chi connectivity index (χ2v) is 5.36. The molecule has 2 aromatic heterocycles. The first kappa shape index (κ1) is 13.9. The molecule has 3 aromatic rings. The number of nitrogens with zero attached hydrogens (tertiary/aromatic N) is 4. The molecule has 0 N–H and O–H groups in total. The molecule has 2 heterocycles. The zero-order valence-electron chi connectivity index (χ0n) is 10.8. The second-order valence-electron chi connectivity index (χ2n) is 4.50. The van der Waals surface area contributed by atoms with Gasteiger partial charge in [0, 0.05) is 12.6 Å². The summed E-state index contributed by atoms with van der Waals surface area (Å²) in [5.74, 6) is -1.44. The smallest absolute Gasteiger partial charge is 0.264 e. The zero-order valence-corrected chi connectivity index (χ0v) is 12.4. The Hall–Kier alpha value is -2.09. The van der Waals surface area contributed by atoms with Crippen molar-refractivity contribution in [1.29, 1.82) is 0 Å². The molecule has 0 unspecified atom stereocenters. The predicted octanol–water partition coefficient (Wildman–Crippen LogP) is 2.22. The van der Waals surface area contributed by atoms with Gasteiger partial charge in [-0.15, -0.1) is 0 Å². The van der Waals surface area contributed by atoms with Gasteiger partial charge in [-0.05, 0) is 28.1 Å². The van der Waals surface area contributed by atoms with Crippen molar-refractivity contribution in [3.05, 3.63) is 56.7 Å². The van der Waals surface area contributed by atoms with Crippen molar-refractivity contribution in [2.45, 2.75) is 6.54 Å². The number of aromatic nitrogens is 4. The predicted molar refractivity (Wildman–Crippen MR) is 75.9 cm³/mol. The van der Waals surface area contributed by atoms with Gasteiger partial charge in [0.25, 0.3) is 5.56 Å². The first-order chi connectivity index (χ1) is 9.99. The van der Waals surface area contributed by atoms with Crippen LogP contribution < -0.4 is 5.56 Å². The molecular formula is C13H9BrF2N4O. The number of rotatable bonds is 2. The fourth-order valence-corrected chi connectivity index (χ4v) is 2.44. The molecule has 0 radical (unpaired) electrons. The molecule has 0 atom stereocenters. The Bertz CT molecular complexity index is 903. The largest absolute Gasteiger partial charge is 0.294 e. The molecule has 108 valence electrons. The second kappa shape index (κ2) is 5.03. The van der Waals surface area contributed by atoms with Gasteiger partial charge in [0.05, 0.1) is 17.2 Å². The maximum absolute atomic E-state index is 14.0. The molecule has 0 aliphatic carbocycles. The molecule has 0 aliphatic heterocycles. The minimum absolute atomic E-state index is 0.141. The van der Waals surface area contributed by atoms with Crippen LogP contribution in [0.4, 0.5) is 8.78 Å². The molecule has 21 heavy (non-hydrogen) atoms. The van der Waals surface area contributed by atoms with Crippen molar-refractivity contribution in [3.8, 4) is 0 Å². The van der Waals surface area contributed by atoms with E-state index in [1.54, 1.807) is 7.05 Å². The highest BCUT2D eigenvalue weighted by molar-refractivity contribution is 9.10. The summed E-state index contributed by atoms with van der Waals surface area (Å²) in [6.45, 7) is -0.242. The van der Waals surface area contributed by atoms with Crippen LogP contribution in [-0.4, -0.2) is 19.3 Å². The Morgan fingerprint density at radius 3 is 2.86 bits per heavy atom. The lowest BCUT2D eigenvalue weighted by Gasteiger charge is -2.09. The maximum Gasteiger partial charge on any atom is 0.264 e. The van der Waals surface area contributed by atoms with Crippen LogP contribution in [0.3, 0.4) is 0 Å². The monoisotopic (exact) mass is 354 g/mol. The summed E-state index contributed by atoms with van der Waals surface area (Å²) < 4.78 is 30.5. The Morgan fingerprint density at radius 1 is 1.33 bits per heavy atom. The summed E-state index contributed by atoms with van der Waals surface area (Å²) in [6, 6.07) is 2.42. The van der Waals surface area contributed by atoms with E-state index < -0.39 is 17.2 Å². The summed E-state index contributed by atoms with van der Waals surface area (Å²) in [6.07, 6.45) is 2.64. The van der Waals surface area contributed by atoms with Crippen LogP contribution in [0.15, 0.2) is 33.9 Å². The molecule has 0 amide bonds. The Balaban J connectivity index is 2.13. The first-order valence-corrected chi connectivity index (χ1v) is 6.78. The van der Waals surface area contributed by atoms with Crippen LogP contribution in [-0.2, 0) is 13.6 Å². The SMILES string of the molecule is Cn1ncc2c(=O)n(Cc3c(F)ccc(Br)c3F)cnc21. The first-order valence-electron chi connectivity index (χ1n) is 5.98. The van der Waals surface area contributed by atoms with E-state index in [1.807, 2.05) is 0 Å². The van der Waals surface area contributed by atoms with E-state index >= 15 is 0 Å². The van der Waals surface area contributed by atoms with Crippen molar-refractivity contribution in [1.82, 2.24) is 19.3 Å². The fourth-order valence-electron chi connectivity index (χ4n) is 2.06. The summed E-state index contributed by atoms with van der Waals surface area (Å²) in [5.41, 5.74) is -0.171. The number of benzene rings is 1. The van der Waals surface area contributed by atoms with Crippen molar-refractivity contribution < 1.29 is 8.78 Å². The lowest BCUT2D eigenvalue weighted by Crippen LogP contribution is -2.22. The van der Waals surface area contributed by atoms with Crippen molar-refractivity contribution >= 4 is 27.0 Å². The van der Waals surface area contributed by atoms with E-state index in [0.717, 1.165) is 10.6 Å². The Kier molecular flexibility index (Phi) is 3.32.